The first-order valence-corrected chi connectivity index (χ1v) is 14.1. The highest BCUT2D eigenvalue weighted by atomic mass is 14.1. The first-order chi connectivity index (χ1) is 16.4. The zero-order chi connectivity index (χ0) is 23.0. The number of hydrogen-bond donors (Lipinski definition) is 0. The Labute approximate surface area is 204 Å². The number of hydrogen-bond acceptors (Lipinski definition) is 0. The molecule has 3 aromatic rings. The van der Waals surface area contributed by atoms with Gasteiger partial charge in [-0.3, -0.25) is 0 Å². The Balaban J connectivity index is 1.19. The molecule has 0 saturated carbocycles. The van der Waals surface area contributed by atoms with Crippen molar-refractivity contribution in [2.75, 3.05) is 0 Å². The van der Waals surface area contributed by atoms with Gasteiger partial charge in [-0.25, -0.2) is 0 Å². The number of rotatable bonds is 18. The van der Waals surface area contributed by atoms with Gasteiger partial charge in [0, 0.05) is 0 Å². The lowest BCUT2D eigenvalue weighted by molar-refractivity contribution is 0.528. The van der Waals surface area contributed by atoms with Crippen LogP contribution in [0.25, 0.3) is 21.5 Å². The lowest BCUT2D eigenvalue weighted by Gasteiger charge is -2.09. The maximum atomic E-state index is 3.92. The molecule has 0 aliphatic heterocycles. The van der Waals surface area contributed by atoms with E-state index in [9.17, 15) is 0 Å². The van der Waals surface area contributed by atoms with Gasteiger partial charge in [0.1, 0.15) is 0 Å². The maximum Gasteiger partial charge on any atom is -0.0146 e. The highest BCUT2D eigenvalue weighted by Crippen LogP contribution is 2.26. The minimum atomic E-state index is 1.11. The molecular formula is C33H47. The predicted octanol–water partition coefficient (Wildman–Crippen LogP) is 11.0. The van der Waals surface area contributed by atoms with Gasteiger partial charge >= 0.3 is 0 Å². The number of benzene rings is 3. The molecule has 3 rings (SSSR count). The highest BCUT2D eigenvalue weighted by molar-refractivity contribution is 5.99. The van der Waals surface area contributed by atoms with Crippen LogP contribution in [0.4, 0.5) is 0 Å². The zero-order valence-electron chi connectivity index (χ0n) is 21.1. The Hall–Kier alpha value is -1.82. The van der Waals surface area contributed by atoms with Crippen molar-refractivity contribution in [1.29, 1.82) is 0 Å². The molecule has 0 heteroatoms. The van der Waals surface area contributed by atoms with Gasteiger partial charge in [0.2, 0.25) is 0 Å². The monoisotopic (exact) mass is 443 g/mol. The van der Waals surface area contributed by atoms with Crippen molar-refractivity contribution in [3.63, 3.8) is 0 Å². The van der Waals surface area contributed by atoms with Gasteiger partial charge in [0.05, 0.1) is 0 Å². The van der Waals surface area contributed by atoms with Crippen LogP contribution < -0.4 is 0 Å². The van der Waals surface area contributed by atoms with Crippen LogP contribution in [0, 0.1) is 6.92 Å². The summed E-state index contributed by atoms with van der Waals surface area (Å²) in [5.41, 5.74) is 1.52. The van der Waals surface area contributed by atoms with Crippen molar-refractivity contribution in [3.05, 3.63) is 67.1 Å². The van der Waals surface area contributed by atoms with E-state index in [1.54, 1.807) is 0 Å². The summed E-state index contributed by atoms with van der Waals surface area (Å²) in [4.78, 5) is 0. The molecule has 0 N–H and O–H groups in total. The molecule has 0 nitrogen and oxygen atoms in total. The molecule has 0 heterocycles. The summed E-state index contributed by atoms with van der Waals surface area (Å²) in [7, 11) is 0. The second kappa shape index (κ2) is 15.9. The standard InChI is InChI=1S/C33H47/c1-2-3-4-5-6-7-8-9-10-11-12-13-14-15-16-17-18-22-29-25-21-26-32-27-30-23-19-20-24-31(30)28-33(29)32/h19-21,23-28H,1-18,22H2. The summed E-state index contributed by atoms with van der Waals surface area (Å²) < 4.78 is 0. The number of unbranched alkanes of at least 4 members (excludes halogenated alkanes) is 16. The third-order valence-electron chi connectivity index (χ3n) is 7.28. The second-order valence-electron chi connectivity index (χ2n) is 10.1. The normalized spacial score (nSPS) is 11.5. The zero-order valence-corrected chi connectivity index (χ0v) is 21.1. The molecule has 0 bridgehead atoms. The van der Waals surface area contributed by atoms with E-state index in [0.717, 1.165) is 6.42 Å². The van der Waals surface area contributed by atoms with Crippen LogP contribution >= 0.6 is 0 Å². The Morgan fingerprint density at radius 1 is 0.424 bits per heavy atom. The average Bonchev–Trinajstić information content (AvgIpc) is 2.84. The van der Waals surface area contributed by atoms with E-state index >= 15 is 0 Å². The van der Waals surface area contributed by atoms with Gasteiger partial charge in [-0.2, -0.15) is 0 Å². The molecule has 0 aliphatic rings. The van der Waals surface area contributed by atoms with E-state index in [1.165, 1.54) is 136 Å². The minimum Gasteiger partial charge on any atom is -0.0616 e. The van der Waals surface area contributed by atoms with Gasteiger partial charge in [-0.05, 0) is 52.1 Å². The van der Waals surface area contributed by atoms with Gasteiger partial charge in [0.15, 0.2) is 0 Å². The van der Waals surface area contributed by atoms with Crippen molar-refractivity contribution in [3.8, 4) is 0 Å². The molecule has 0 spiro atoms. The molecule has 0 fully saturated rings. The fraction of sp³-hybridized carbons (Fsp3) is 0.545. The summed E-state index contributed by atoms with van der Waals surface area (Å²) in [5.74, 6) is 0. The Morgan fingerprint density at radius 2 is 0.879 bits per heavy atom. The van der Waals surface area contributed by atoms with Gasteiger partial charge < -0.3 is 0 Å². The van der Waals surface area contributed by atoms with Crippen molar-refractivity contribution >= 4 is 21.5 Å². The predicted molar refractivity (Wildman–Crippen MR) is 149 cm³/mol. The molecule has 1 radical (unpaired) electrons. The number of aryl methyl sites for hydroxylation is 1. The Bertz CT molecular complexity index is 906. The number of fused-ring (bicyclic) bond motifs is 2. The molecular weight excluding hydrogens is 396 g/mol. The largest absolute Gasteiger partial charge is 0.0616 e. The topological polar surface area (TPSA) is 0 Å². The molecule has 0 amide bonds. The Morgan fingerprint density at radius 3 is 1.42 bits per heavy atom. The molecule has 0 aliphatic carbocycles. The molecule has 0 saturated heterocycles. The fourth-order valence-electron chi connectivity index (χ4n) is 5.22. The van der Waals surface area contributed by atoms with E-state index in [1.807, 2.05) is 0 Å². The molecule has 0 unspecified atom stereocenters. The SMILES string of the molecule is [CH2]CCCCCCCCCCCCCCCCCCc1cccc2cc3ccccc3cc12. The lowest BCUT2D eigenvalue weighted by Crippen LogP contribution is -1.89. The van der Waals surface area contributed by atoms with Crippen LogP contribution in [-0.2, 0) is 6.42 Å². The summed E-state index contributed by atoms with van der Waals surface area (Å²) in [6.45, 7) is 3.92. The van der Waals surface area contributed by atoms with E-state index in [4.69, 9.17) is 0 Å². The van der Waals surface area contributed by atoms with Crippen LogP contribution in [0.3, 0.4) is 0 Å². The van der Waals surface area contributed by atoms with Crippen LogP contribution in [0.5, 0.6) is 0 Å². The van der Waals surface area contributed by atoms with Crippen LogP contribution in [-0.4, -0.2) is 0 Å². The summed E-state index contributed by atoms with van der Waals surface area (Å²) in [6, 6.07) is 20.3. The average molecular weight is 444 g/mol. The van der Waals surface area contributed by atoms with Crippen LogP contribution in [0.2, 0.25) is 0 Å². The quantitative estimate of drug-likeness (QED) is 0.135. The lowest BCUT2D eigenvalue weighted by atomic mass is 9.96. The fourth-order valence-corrected chi connectivity index (χ4v) is 5.22. The van der Waals surface area contributed by atoms with Crippen LogP contribution in [0.15, 0.2) is 54.6 Å². The molecule has 3 aromatic carbocycles. The smallest absolute Gasteiger partial charge is 0.0146 e. The van der Waals surface area contributed by atoms with Gasteiger partial charge in [-0.15, -0.1) is 0 Å². The second-order valence-corrected chi connectivity index (χ2v) is 10.1. The highest BCUT2D eigenvalue weighted by Gasteiger charge is 2.03. The molecule has 33 heavy (non-hydrogen) atoms. The van der Waals surface area contributed by atoms with Gasteiger partial charge in [0.25, 0.3) is 0 Å². The molecule has 0 aromatic heterocycles. The summed E-state index contributed by atoms with van der Waals surface area (Å²) in [5, 5.41) is 5.54. The van der Waals surface area contributed by atoms with Crippen molar-refractivity contribution in [2.24, 2.45) is 0 Å². The van der Waals surface area contributed by atoms with Crippen LogP contribution in [0.1, 0.15) is 115 Å². The maximum absolute atomic E-state index is 3.92. The van der Waals surface area contributed by atoms with E-state index < -0.39 is 0 Å². The third-order valence-corrected chi connectivity index (χ3v) is 7.28. The van der Waals surface area contributed by atoms with Crippen molar-refractivity contribution in [2.45, 2.75) is 116 Å². The molecule has 179 valence electrons. The van der Waals surface area contributed by atoms with Crippen molar-refractivity contribution in [1.82, 2.24) is 0 Å². The summed E-state index contributed by atoms with van der Waals surface area (Å²) in [6.07, 6.45) is 25.0. The summed E-state index contributed by atoms with van der Waals surface area (Å²) >= 11 is 0. The Kier molecular flexibility index (Phi) is 12.4. The van der Waals surface area contributed by atoms with E-state index in [0.29, 0.717) is 0 Å². The first kappa shape index (κ1) is 25.8. The van der Waals surface area contributed by atoms with E-state index in [2.05, 4.69) is 61.5 Å². The van der Waals surface area contributed by atoms with E-state index in [-0.39, 0.29) is 0 Å². The minimum absolute atomic E-state index is 1.11. The molecule has 0 atom stereocenters. The van der Waals surface area contributed by atoms with Gasteiger partial charge in [-0.1, -0.05) is 152 Å². The third kappa shape index (κ3) is 9.52. The van der Waals surface area contributed by atoms with Crippen molar-refractivity contribution < 1.29 is 0 Å². The first-order valence-electron chi connectivity index (χ1n) is 14.1.